The molecule has 2 heterocycles. The van der Waals surface area contributed by atoms with Gasteiger partial charge >= 0.3 is 0 Å². The molecule has 3 nitrogen and oxygen atoms in total. The minimum atomic E-state index is -0.396. The Morgan fingerprint density at radius 1 is 1.69 bits per heavy atom. The Hall–Kier alpha value is -0.580. The van der Waals surface area contributed by atoms with Crippen molar-refractivity contribution < 1.29 is 4.79 Å². The summed E-state index contributed by atoms with van der Waals surface area (Å²) in [7, 11) is 0. The van der Waals surface area contributed by atoms with E-state index in [9.17, 15) is 4.79 Å². The van der Waals surface area contributed by atoms with Gasteiger partial charge in [0.05, 0.1) is 12.1 Å². The molecule has 0 aliphatic carbocycles. The molecule has 16 heavy (non-hydrogen) atoms. The molecule has 2 N–H and O–H groups in total. The van der Waals surface area contributed by atoms with Crippen molar-refractivity contribution in [3.05, 3.63) is 21.9 Å². The molecule has 1 amide bonds. The number of hydrogen-bond donors (Lipinski definition) is 1. The first-order valence-corrected chi connectivity index (χ1v) is 6.11. The normalized spacial score (nSPS) is 20.9. The van der Waals surface area contributed by atoms with Crippen LogP contribution in [0.15, 0.2) is 11.4 Å². The molecule has 0 saturated heterocycles. The second-order valence-corrected chi connectivity index (χ2v) is 5.05. The maximum atomic E-state index is 11.8. The van der Waals surface area contributed by atoms with Gasteiger partial charge in [0.2, 0.25) is 5.91 Å². The van der Waals surface area contributed by atoms with E-state index in [1.807, 2.05) is 4.90 Å². The molecule has 0 spiro atoms. The van der Waals surface area contributed by atoms with Crippen LogP contribution >= 0.6 is 23.7 Å². The van der Waals surface area contributed by atoms with Crippen molar-refractivity contribution >= 4 is 29.7 Å². The van der Waals surface area contributed by atoms with Crippen LogP contribution < -0.4 is 5.73 Å². The molecule has 1 aromatic rings. The molecular weight excluding hydrogens is 244 g/mol. The number of thiophene rings is 1. The Morgan fingerprint density at radius 3 is 3.00 bits per heavy atom. The summed E-state index contributed by atoms with van der Waals surface area (Å²) in [6.07, 6.45) is 0.968. The average molecular weight is 261 g/mol. The Labute approximate surface area is 106 Å². The smallest absolute Gasteiger partial charge is 0.239 e. The minimum Gasteiger partial charge on any atom is -0.334 e. The van der Waals surface area contributed by atoms with Crippen molar-refractivity contribution in [3.63, 3.8) is 0 Å². The van der Waals surface area contributed by atoms with E-state index in [0.29, 0.717) is 0 Å². The predicted octanol–water partition coefficient (Wildman–Crippen LogP) is 1.96. The van der Waals surface area contributed by atoms with Crippen molar-refractivity contribution in [2.24, 2.45) is 5.73 Å². The van der Waals surface area contributed by atoms with Crippen molar-refractivity contribution in [2.75, 3.05) is 6.54 Å². The van der Waals surface area contributed by atoms with Gasteiger partial charge in [0.15, 0.2) is 0 Å². The Morgan fingerprint density at radius 2 is 2.38 bits per heavy atom. The molecule has 90 valence electrons. The third-order valence-electron chi connectivity index (χ3n) is 2.95. The fraction of sp³-hybridized carbons (Fsp3) is 0.545. The molecule has 5 heteroatoms. The molecule has 1 aliphatic rings. The van der Waals surface area contributed by atoms with Gasteiger partial charge in [0.25, 0.3) is 0 Å². The highest BCUT2D eigenvalue weighted by atomic mass is 35.5. The highest BCUT2D eigenvalue weighted by Gasteiger charge is 2.29. The van der Waals surface area contributed by atoms with Crippen molar-refractivity contribution in [3.8, 4) is 0 Å². The molecule has 0 saturated carbocycles. The zero-order valence-corrected chi connectivity index (χ0v) is 11.1. The summed E-state index contributed by atoms with van der Waals surface area (Å²) in [4.78, 5) is 15.1. The number of rotatable bonds is 1. The van der Waals surface area contributed by atoms with E-state index >= 15 is 0 Å². The van der Waals surface area contributed by atoms with E-state index in [1.54, 1.807) is 18.3 Å². The first-order chi connectivity index (χ1) is 7.11. The van der Waals surface area contributed by atoms with E-state index < -0.39 is 6.04 Å². The zero-order valence-electron chi connectivity index (χ0n) is 9.47. The molecule has 0 fully saturated rings. The summed E-state index contributed by atoms with van der Waals surface area (Å²) >= 11 is 1.78. The lowest BCUT2D eigenvalue weighted by atomic mass is 10.0. The predicted molar refractivity (Wildman–Crippen MR) is 69.0 cm³/mol. The number of hydrogen-bond acceptors (Lipinski definition) is 3. The summed E-state index contributed by atoms with van der Waals surface area (Å²) in [5, 5.41) is 2.10. The van der Waals surface area contributed by atoms with Crippen LogP contribution in [0.3, 0.4) is 0 Å². The van der Waals surface area contributed by atoms with Crippen LogP contribution in [-0.2, 0) is 11.2 Å². The van der Waals surface area contributed by atoms with Crippen molar-refractivity contribution in [1.82, 2.24) is 4.90 Å². The van der Waals surface area contributed by atoms with Crippen LogP contribution in [0.5, 0.6) is 0 Å². The van der Waals surface area contributed by atoms with Gasteiger partial charge in [-0.05, 0) is 37.3 Å². The second-order valence-electron chi connectivity index (χ2n) is 4.05. The van der Waals surface area contributed by atoms with E-state index in [-0.39, 0.29) is 24.4 Å². The lowest BCUT2D eigenvalue weighted by Crippen LogP contribution is -2.45. The molecule has 2 atom stereocenters. The summed E-state index contributed by atoms with van der Waals surface area (Å²) < 4.78 is 0. The third kappa shape index (κ3) is 2.24. The maximum Gasteiger partial charge on any atom is 0.239 e. The molecule has 2 unspecified atom stereocenters. The maximum absolute atomic E-state index is 11.8. The van der Waals surface area contributed by atoms with Crippen molar-refractivity contribution in [2.45, 2.75) is 32.4 Å². The van der Waals surface area contributed by atoms with Gasteiger partial charge in [-0.25, -0.2) is 0 Å². The number of fused-ring (bicyclic) bond motifs is 1. The molecule has 0 bridgehead atoms. The van der Waals surface area contributed by atoms with E-state index in [1.165, 1.54) is 10.4 Å². The van der Waals surface area contributed by atoms with Gasteiger partial charge in [-0.1, -0.05) is 0 Å². The third-order valence-corrected chi connectivity index (χ3v) is 3.95. The van der Waals surface area contributed by atoms with Gasteiger partial charge in [0.1, 0.15) is 0 Å². The van der Waals surface area contributed by atoms with Crippen LogP contribution in [0.4, 0.5) is 0 Å². The number of amides is 1. The van der Waals surface area contributed by atoms with Crippen LogP contribution in [0.1, 0.15) is 30.3 Å². The summed E-state index contributed by atoms with van der Waals surface area (Å²) in [6.45, 7) is 4.62. The van der Waals surface area contributed by atoms with Crippen LogP contribution in [0.25, 0.3) is 0 Å². The molecule has 2 rings (SSSR count). The van der Waals surface area contributed by atoms with Gasteiger partial charge in [-0.15, -0.1) is 23.7 Å². The lowest BCUT2D eigenvalue weighted by Gasteiger charge is -2.34. The van der Waals surface area contributed by atoms with Crippen LogP contribution in [0.2, 0.25) is 0 Å². The number of nitrogens with two attached hydrogens (primary N) is 1. The summed E-state index contributed by atoms with van der Waals surface area (Å²) in [5.74, 6) is 0.0550. The van der Waals surface area contributed by atoms with Gasteiger partial charge in [-0.3, -0.25) is 4.79 Å². The SMILES string of the molecule is CC(N)C(=O)N1CCc2sccc2C1C.Cl. The first kappa shape index (κ1) is 13.5. The summed E-state index contributed by atoms with van der Waals surface area (Å²) in [5.41, 5.74) is 6.93. The monoisotopic (exact) mass is 260 g/mol. The summed E-state index contributed by atoms with van der Waals surface area (Å²) in [6, 6.07) is 1.90. The topological polar surface area (TPSA) is 46.3 Å². The molecule has 0 radical (unpaired) electrons. The van der Waals surface area contributed by atoms with E-state index in [0.717, 1.165) is 13.0 Å². The van der Waals surface area contributed by atoms with E-state index in [2.05, 4.69) is 18.4 Å². The largest absolute Gasteiger partial charge is 0.334 e. The molecule has 0 aromatic carbocycles. The minimum absolute atomic E-state index is 0. The van der Waals surface area contributed by atoms with Gasteiger partial charge in [0, 0.05) is 11.4 Å². The standard InChI is InChI=1S/C11H16N2OS.ClH/c1-7(12)11(14)13-5-3-10-9(8(13)2)4-6-15-10;/h4,6-8H,3,5,12H2,1-2H3;1H. The first-order valence-electron chi connectivity index (χ1n) is 5.23. The van der Waals surface area contributed by atoms with Crippen LogP contribution in [-0.4, -0.2) is 23.4 Å². The fourth-order valence-corrected chi connectivity index (χ4v) is 3.03. The highest BCUT2D eigenvalue weighted by molar-refractivity contribution is 7.10. The van der Waals surface area contributed by atoms with Crippen molar-refractivity contribution in [1.29, 1.82) is 0 Å². The Balaban J connectivity index is 0.00000128. The van der Waals surface area contributed by atoms with E-state index in [4.69, 9.17) is 5.73 Å². The number of carbonyl (C=O) groups excluding carboxylic acids is 1. The molecule has 1 aliphatic heterocycles. The molecule has 1 aromatic heterocycles. The number of nitrogens with zero attached hydrogens (tertiary/aromatic N) is 1. The van der Waals surface area contributed by atoms with Gasteiger partial charge in [-0.2, -0.15) is 0 Å². The highest BCUT2D eigenvalue weighted by Crippen LogP contribution is 2.32. The zero-order chi connectivity index (χ0) is 11.0. The molecular formula is C11H17ClN2OS. The lowest BCUT2D eigenvalue weighted by molar-refractivity contribution is -0.134. The van der Waals surface area contributed by atoms with Gasteiger partial charge < -0.3 is 10.6 Å². The fourth-order valence-electron chi connectivity index (χ4n) is 2.07. The average Bonchev–Trinajstić information content (AvgIpc) is 2.66. The number of halogens is 1. The Bertz CT molecular complexity index is 378. The second kappa shape index (κ2) is 5.17. The van der Waals surface area contributed by atoms with Crippen LogP contribution in [0, 0.1) is 0 Å². The Kier molecular flexibility index (Phi) is 4.35. The number of carbonyl (C=O) groups is 1. The quantitative estimate of drug-likeness (QED) is 0.839.